The maximum absolute atomic E-state index is 5.60. The molecule has 0 amide bonds. The van der Waals surface area contributed by atoms with E-state index in [1.54, 1.807) is 0 Å². The lowest BCUT2D eigenvalue weighted by molar-refractivity contribution is 0.193. The molecule has 2 aliphatic heterocycles. The summed E-state index contributed by atoms with van der Waals surface area (Å²) in [6.45, 7) is 8.41. The second kappa shape index (κ2) is 6.55. The predicted molar refractivity (Wildman–Crippen MR) is 90.8 cm³/mol. The molecule has 0 N–H and O–H groups in total. The molecule has 2 aliphatic rings. The number of likely N-dealkylation sites (N-methyl/N-ethyl adjacent to an activating group) is 1. The molecule has 0 spiro atoms. The normalized spacial score (nSPS) is 23.9. The fourth-order valence-corrected chi connectivity index (χ4v) is 3.26. The van der Waals surface area contributed by atoms with Crippen LogP contribution in [0, 0.1) is 0 Å². The van der Waals surface area contributed by atoms with Crippen LogP contribution in [-0.4, -0.2) is 56.3 Å². The minimum atomic E-state index is 0.520. The molecule has 0 radical (unpaired) electrons. The number of ether oxygens (including phenoxy) is 1. The van der Waals surface area contributed by atoms with Crippen molar-refractivity contribution >= 4 is 5.82 Å². The highest BCUT2D eigenvalue weighted by Gasteiger charge is 2.33. The highest BCUT2D eigenvalue weighted by molar-refractivity contribution is 5.53. The molecule has 1 aromatic heterocycles. The van der Waals surface area contributed by atoms with E-state index >= 15 is 0 Å². The van der Waals surface area contributed by atoms with Gasteiger partial charge in [-0.05, 0) is 38.9 Å². The Balaban J connectivity index is 1.86. The van der Waals surface area contributed by atoms with Crippen molar-refractivity contribution in [2.24, 2.45) is 0 Å². The molecular weight excluding hydrogens is 274 g/mol. The van der Waals surface area contributed by atoms with E-state index in [9.17, 15) is 0 Å². The molecule has 4 heteroatoms. The zero-order valence-corrected chi connectivity index (χ0v) is 14.4. The van der Waals surface area contributed by atoms with Gasteiger partial charge >= 0.3 is 0 Å². The molecule has 0 aliphatic carbocycles. The van der Waals surface area contributed by atoms with Crippen LogP contribution in [0.25, 0.3) is 0 Å². The summed E-state index contributed by atoms with van der Waals surface area (Å²) in [7, 11) is 4.33. The van der Waals surface area contributed by atoms with Crippen molar-refractivity contribution in [3.05, 3.63) is 23.4 Å². The Kier molecular flexibility index (Phi) is 4.69. The zero-order chi connectivity index (χ0) is 15.7. The molecule has 2 atom stereocenters. The van der Waals surface area contributed by atoms with Gasteiger partial charge in [-0.1, -0.05) is 19.9 Å². The van der Waals surface area contributed by atoms with E-state index in [2.05, 4.69) is 49.9 Å². The molecule has 2 fully saturated rings. The number of nitrogens with zero attached hydrogens (tertiary/aromatic N) is 3. The Morgan fingerprint density at radius 1 is 1.36 bits per heavy atom. The van der Waals surface area contributed by atoms with Crippen molar-refractivity contribution in [2.45, 2.75) is 44.6 Å². The second-order valence-electron chi connectivity index (χ2n) is 7.04. The Morgan fingerprint density at radius 3 is 2.73 bits per heavy atom. The average molecular weight is 303 g/mol. The summed E-state index contributed by atoms with van der Waals surface area (Å²) in [4.78, 5) is 9.82. The summed E-state index contributed by atoms with van der Waals surface area (Å²) in [6, 6.07) is 5.20. The molecule has 0 saturated carbocycles. The average Bonchev–Trinajstić information content (AvgIpc) is 2.98. The molecule has 0 bridgehead atoms. The summed E-state index contributed by atoms with van der Waals surface area (Å²) >= 11 is 0. The summed E-state index contributed by atoms with van der Waals surface area (Å²) in [6.07, 6.45) is 2.26. The van der Waals surface area contributed by atoms with Crippen LogP contribution in [0.4, 0.5) is 5.82 Å². The van der Waals surface area contributed by atoms with Gasteiger partial charge in [0.05, 0.1) is 6.61 Å². The number of hydrogen-bond acceptors (Lipinski definition) is 4. The minimum Gasteiger partial charge on any atom is -0.381 e. The van der Waals surface area contributed by atoms with E-state index in [-0.39, 0.29) is 0 Å². The van der Waals surface area contributed by atoms with Crippen molar-refractivity contribution < 1.29 is 4.74 Å². The number of aromatic nitrogens is 1. The van der Waals surface area contributed by atoms with Gasteiger partial charge in [-0.3, -0.25) is 0 Å². The summed E-state index contributed by atoms with van der Waals surface area (Å²) in [5.41, 5.74) is 2.62. The first-order valence-electron chi connectivity index (χ1n) is 8.60. The number of rotatable bonds is 5. The maximum Gasteiger partial charge on any atom is 0.132 e. The van der Waals surface area contributed by atoms with Gasteiger partial charge in [-0.2, -0.15) is 0 Å². The molecular formula is C18H29N3O. The Bertz CT molecular complexity index is 505. The van der Waals surface area contributed by atoms with E-state index in [0.717, 1.165) is 39.1 Å². The summed E-state index contributed by atoms with van der Waals surface area (Å²) < 4.78 is 5.60. The van der Waals surface area contributed by atoms with E-state index in [4.69, 9.17) is 9.72 Å². The highest BCUT2D eigenvalue weighted by atomic mass is 16.5. The highest BCUT2D eigenvalue weighted by Crippen LogP contribution is 2.35. The molecule has 122 valence electrons. The van der Waals surface area contributed by atoms with Gasteiger partial charge in [0.25, 0.3) is 0 Å². The fourth-order valence-electron chi connectivity index (χ4n) is 3.26. The quantitative estimate of drug-likeness (QED) is 0.836. The number of pyridine rings is 1. The van der Waals surface area contributed by atoms with Crippen molar-refractivity contribution in [1.82, 2.24) is 9.88 Å². The lowest BCUT2D eigenvalue weighted by atomic mass is 9.95. The third-order valence-corrected chi connectivity index (χ3v) is 5.31. The Labute approximate surface area is 134 Å². The third kappa shape index (κ3) is 2.99. The summed E-state index contributed by atoms with van der Waals surface area (Å²) in [5.74, 6) is 2.26. The SMILES string of the molecule is CCC(C)c1ccc(C2CCOC2)c(N2CC(N(C)C)C2)n1. The molecule has 2 saturated heterocycles. The van der Waals surface area contributed by atoms with Gasteiger partial charge in [0.15, 0.2) is 0 Å². The van der Waals surface area contributed by atoms with Crippen LogP contribution in [0.15, 0.2) is 12.1 Å². The van der Waals surface area contributed by atoms with Crippen LogP contribution in [0.5, 0.6) is 0 Å². The third-order valence-electron chi connectivity index (χ3n) is 5.31. The first-order chi connectivity index (χ1) is 10.6. The molecule has 22 heavy (non-hydrogen) atoms. The topological polar surface area (TPSA) is 28.6 Å². The van der Waals surface area contributed by atoms with Crippen molar-refractivity contribution in [1.29, 1.82) is 0 Å². The zero-order valence-electron chi connectivity index (χ0n) is 14.4. The Morgan fingerprint density at radius 2 is 2.14 bits per heavy atom. The van der Waals surface area contributed by atoms with Gasteiger partial charge in [0, 0.05) is 42.9 Å². The van der Waals surface area contributed by atoms with E-state index in [0.29, 0.717) is 17.9 Å². The number of hydrogen-bond donors (Lipinski definition) is 0. The molecule has 3 heterocycles. The predicted octanol–water partition coefficient (Wildman–Crippen LogP) is 2.85. The van der Waals surface area contributed by atoms with Crippen LogP contribution in [-0.2, 0) is 4.74 Å². The minimum absolute atomic E-state index is 0.520. The standard InChI is InChI=1S/C18H29N3O/c1-5-13(2)17-7-6-16(14-8-9-22-12-14)18(19-17)21-10-15(11-21)20(3)4/h6-7,13-15H,5,8-12H2,1-4H3. The molecule has 4 nitrogen and oxygen atoms in total. The van der Waals surface area contributed by atoms with E-state index < -0.39 is 0 Å². The van der Waals surface area contributed by atoms with Gasteiger partial charge < -0.3 is 14.5 Å². The lowest BCUT2D eigenvalue weighted by Crippen LogP contribution is -2.58. The van der Waals surface area contributed by atoms with Gasteiger partial charge in [-0.25, -0.2) is 4.98 Å². The maximum atomic E-state index is 5.60. The fraction of sp³-hybridized carbons (Fsp3) is 0.722. The first-order valence-corrected chi connectivity index (χ1v) is 8.60. The van der Waals surface area contributed by atoms with Crippen LogP contribution in [0.3, 0.4) is 0 Å². The second-order valence-corrected chi connectivity index (χ2v) is 7.04. The van der Waals surface area contributed by atoms with Gasteiger partial charge in [0.1, 0.15) is 5.82 Å². The van der Waals surface area contributed by atoms with Gasteiger partial charge in [0.2, 0.25) is 0 Å². The first kappa shape index (κ1) is 15.8. The largest absolute Gasteiger partial charge is 0.381 e. The molecule has 3 rings (SSSR count). The Hall–Kier alpha value is -1.13. The van der Waals surface area contributed by atoms with Crippen molar-refractivity contribution in [2.75, 3.05) is 45.3 Å². The smallest absolute Gasteiger partial charge is 0.132 e. The van der Waals surface area contributed by atoms with Crippen LogP contribution in [0.2, 0.25) is 0 Å². The van der Waals surface area contributed by atoms with Crippen LogP contribution >= 0.6 is 0 Å². The lowest BCUT2D eigenvalue weighted by Gasteiger charge is -2.44. The number of anilines is 1. The monoisotopic (exact) mass is 303 g/mol. The molecule has 0 aromatic carbocycles. The van der Waals surface area contributed by atoms with Crippen molar-refractivity contribution in [3.8, 4) is 0 Å². The molecule has 2 unspecified atom stereocenters. The van der Waals surface area contributed by atoms with E-state index in [1.165, 1.54) is 17.1 Å². The van der Waals surface area contributed by atoms with E-state index in [1.807, 2.05) is 0 Å². The van der Waals surface area contributed by atoms with Crippen molar-refractivity contribution in [3.63, 3.8) is 0 Å². The van der Waals surface area contributed by atoms with Gasteiger partial charge in [-0.15, -0.1) is 0 Å². The van der Waals surface area contributed by atoms with Crippen LogP contribution in [0.1, 0.15) is 49.8 Å². The molecule has 1 aromatic rings. The van der Waals surface area contributed by atoms with Crippen LogP contribution < -0.4 is 4.90 Å². The summed E-state index contributed by atoms with van der Waals surface area (Å²) in [5, 5.41) is 0.